The van der Waals surface area contributed by atoms with E-state index in [-0.39, 0.29) is 0 Å². The average molecular weight is 450 g/mol. The zero-order valence-electron chi connectivity index (χ0n) is 16.7. The summed E-state index contributed by atoms with van der Waals surface area (Å²) in [5.74, 6) is 0. The Morgan fingerprint density at radius 2 is 1.19 bits per heavy atom. The Balaban J connectivity index is 1.54. The summed E-state index contributed by atoms with van der Waals surface area (Å²) in [6, 6.07) is 30.9. The number of benzene rings is 4. The van der Waals surface area contributed by atoms with Crippen LogP contribution in [0, 0.1) is 0 Å². The summed E-state index contributed by atoms with van der Waals surface area (Å²) in [5, 5.41) is 3.94. The Hall–Kier alpha value is -3.74. The minimum Gasteiger partial charge on any atom is -0.454 e. The molecule has 0 bridgehead atoms. The molecular formula is C26H15N3OS2. The molecule has 3 heterocycles. The number of para-hydroxylation sites is 4. The first-order valence-electron chi connectivity index (χ1n) is 10.3. The molecule has 0 aliphatic carbocycles. The van der Waals surface area contributed by atoms with Crippen LogP contribution in [0.15, 0.2) is 95.4 Å². The third-order valence-electron chi connectivity index (χ3n) is 5.57. The highest BCUT2D eigenvalue weighted by Gasteiger charge is 2.24. The second-order valence-electron chi connectivity index (χ2n) is 7.52. The SMILES string of the molecule is c1ccc2sc(N(c3nc4ccccc4s3)c3cccc4c3oc3ccccc34)nc2c1. The van der Waals surface area contributed by atoms with Gasteiger partial charge in [-0.3, -0.25) is 4.90 Å². The number of thiazole rings is 2. The molecule has 0 N–H and O–H groups in total. The van der Waals surface area contributed by atoms with E-state index in [9.17, 15) is 0 Å². The Bertz CT molecular complexity index is 1620. The molecule has 0 radical (unpaired) electrons. The predicted molar refractivity (Wildman–Crippen MR) is 135 cm³/mol. The van der Waals surface area contributed by atoms with Gasteiger partial charge in [-0.25, -0.2) is 9.97 Å². The van der Waals surface area contributed by atoms with Gasteiger partial charge in [0.25, 0.3) is 0 Å². The van der Waals surface area contributed by atoms with Crippen molar-refractivity contribution in [2.45, 2.75) is 0 Å². The molecule has 0 spiro atoms. The molecule has 0 amide bonds. The molecule has 0 saturated carbocycles. The molecule has 4 aromatic carbocycles. The lowest BCUT2D eigenvalue weighted by molar-refractivity contribution is 0.669. The molecule has 3 aromatic heterocycles. The van der Waals surface area contributed by atoms with Gasteiger partial charge in [0.15, 0.2) is 15.8 Å². The Labute approximate surface area is 191 Å². The summed E-state index contributed by atoms with van der Waals surface area (Å²) < 4.78 is 8.66. The second-order valence-corrected chi connectivity index (χ2v) is 9.53. The fourth-order valence-corrected chi connectivity index (χ4v) is 6.13. The van der Waals surface area contributed by atoms with Gasteiger partial charge in [-0.05, 0) is 36.4 Å². The van der Waals surface area contributed by atoms with Crippen molar-refractivity contribution in [1.82, 2.24) is 9.97 Å². The molecular weight excluding hydrogens is 434 g/mol. The standard InChI is InChI=1S/C26H15N3OS2/c1-4-13-21-16(8-1)17-9-7-12-20(24(17)30-21)29(25-27-18-10-2-5-14-22(18)31-25)26-28-19-11-3-6-15-23(19)32-26/h1-15H. The molecule has 0 atom stereocenters. The number of aromatic nitrogens is 2. The fourth-order valence-electron chi connectivity index (χ4n) is 4.11. The van der Waals surface area contributed by atoms with Crippen LogP contribution >= 0.6 is 22.7 Å². The summed E-state index contributed by atoms with van der Waals surface area (Å²) in [6.45, 7) is 0. The first-order valence-corrected chi connectivity index (χ1v) is 11.9. The van der Waals surface area contributed by atoms with Gasteiger partial charge in [0.2, 0.25) is 0 Å². The van der Waals surface area contributed by atoms with Crippen LogP contribution in [0.1, 0.15) is 0 Å². The number of fused-ring (bicyclic) bond motifs is 5. The van der Waals surface area contributed by atoms with Crippen LogP contribution < -0.4 is 4.90 Å². The van der Waals surface area contributed by atoms with E-state index in [0.717, 1.165) is 58.3 Å². The van der Waals surface area contributed by atoms with Gasteiger partial charge in [0.1, 0.15) is 5.58 Å². The van der Waals surface area contributed by atoms with Gasteiger partial charge in [0.05, 0.1) is 26.1 Å². The van der Waals surface area contributed by atoms with Gasteiger partial charge in [-0.1, -0.05) is 77.3 Å². The fraction of sp³-hybridized carbons (Fsp3) is 0. The predicted octanol–water partition coefficient (Wildman–Crippen LogP) is 8.28. The van der Waals surface area contributed by atoms with E-state index in [0.29, 0.717) is 0 Å². The molecule has 152 valence electrons. The molecule has 0 fully saturated rings. The van der Waals surface area contributed by atoms with Crippen LogP contribution in [0.25, 0.3) is 42.4 Å². The van der Waals surface area contributed by atoms with Crippen molar-refractivity contribution in [3.05, 3.63) is 91.0 Å². The quantitative estimate of drug-likeness (QED) is 0.272. The Morgan fingerprint density at radius 3 is 1.88 bits per heavy atom. The van der Waals surface area contributed by atoms with Crippen molar-refractivity contribution in [3.63, 3.8) is 0 Å². The minimum atomic E-state index is 0.840. The molecule has 0 unspecified atom stereocenters. The summed E-state index contributed by atoms with van der Waals surface area (Å²) in [6.07, 6.45) is 0. The van der Waals surface area contributed by atoms with Crippen LogP contribution in [0.5, 0.6) is 0 Å². The van der Waals surface area contributed by atoms with Crippen LogP contribution in [-0.2, 0) is 0 Å². The largest absolute Gasteiger partial charge is 0.454 e. The van der Waals surface area contributed by atoms with Crippen molar-refractivity contribution in [1.29, 1.82) is 0 Å². The third kappa shape index (κ3) is 2.67. The molecule has 0 aliphatic heterocycles. The van der Waals surface area contributed by atoms with Gasteiger partial charge in [-0.2, -0.15) is 0 Å². The molecule has 7 aromatic rings. The highest BCUT2D eigenvalue weighted by atomic mass is 32.1. The first-order chi connectivity index (χ1) is 15.8. The van der Waals surface area contributed by atoms with Gasteiger partial charge in [0, 0.05) is 10.8 Å². The van der Waals surface area contributed by atoms with Crippen LogP contribution in [0.4, 0.5) is 16.0 Å². The summed E-state index contributed by atoms with van der Waals surface area (Å²) in [4.78, 5) is 12.1. The number of hydrogen-bond acceptors (Lipinski definition) is 6. The van der Waals surface area contributed by atoms with Crippen molar-refractivity contribution in [3.8, 4) is 0 Å². The Kier molecular flexibility index (Phi) is 3.85. The third-order valence-corrected chi connectivity index (χ3v) is 7.62. The van der Waals surface area contributed by atoms with E-state index in [1.807, 2.05) is 54.6 Å². The first kappa shape index (κ1) is 17.9. The van der Waals surface area contributed by atoms with Crippen LogP contribution in [0.3, 0.4) is 0 Å². The molecule has 4 nitrogen and oxygen atoms in total. The van der Waals surface area contributed by atoms with Crippen molar-refractivity contribution < 1.29 is 4.42 Å². The van der Waals surface area contributed by atoms with E-state index in [2.05, 4.69) is 41.3 Å². The van der Waals surface area contributed by atoms with Crippen LogP contribution in [0.2, 0.25) is 0 Å². The maximum Gasteiger partial charge on any atom is 0.197 e. The number of hydrogen-bond donors (Lipinski definition) is 0. The number of rotatable bonds is 3. The van der Waals surface area contributed by atoms with Gasteiger partial charge >= 0.3 is 0 Å². The zero-order valence-corrected chi connectivity index (χ0v) is 18.4. The molecule has 0 saturated heterocycles. The maximum absolute atomic E-state index is 6.37. The highest BCUT2D eigenvalue weighted by molar-refractivity contribution is 7.24. The average Bonchev–Trinajstić information content (AvgIpc) is 3.54. The normalized spacial score (nSPS) is 11.8. The second kappa shape index (κ2) is 6.88. The monoisotopic (exact) mass is 449 g/mol. The van der Waals surface area contributed by atoms with Gasteiger partial charge in [-0.15, -0.1) is 0 Å². The van der Waals surface area contributed by atoms with E-state index in [4.69, 9.17) is 14.4 Å². The summed E-state index contributed by atoms with van der Waals surface area (Å²) in [7, 11) is 0. The highest BCUT2D eigenvalue weighted by Crippen LogP contribution is 2.46. The molecule has 32 heavy (non-hydrogen) atoms. The van der Waals surface area contributed by atoms with Crippen molar-refractivity contribution in [2.75, 3.05) is 4.90 Å². The lowest BCUT2D eigenvalue weighted by atomic mass is 10.1. The van der Waals surface area contributed by atoms with E-state index in [1.54, 1.807) is 22.7 Å². The summed E-state index contributed by atoms with van der Waals surface area (Å²) in [5.41, 5.74) is 4.62. The Morgan fingerprint density at radius 1 is 0.594 bits per heavy atom. The maximum atomic E-state index is 6.37. The van der Waals surface area contributed by atoms with Crippen molar-refractivity contribution in [2.24, 2.45) is 0 Å². The van der Waals surface area contributed by atoms with E-state index < -0.39 is 0 Å². The molecule has 7 rings (SSSR count). The summed E-state index contributed by atoms with van der Waals surface area (Å²) >= 11 is 3.32. The molecule has 0 aliphatic rings. The lowest BCUT2D eigenvalue weighted by Crippen LogP contribution is -2.09. The van der Waals surface area contributed by atoms with E-state index >= 15 is 0 Å². The molecule has 6 heteroatoms. The number of anilines is 3. The van der Waals surface area contributed by atoms with Crippen LogP contribution in [-0.4, -0.2) is 9.97 Å². The number of furan rings is 1. The minimum absolute atomic E-state index is 0.840. The van der Waals surface area contributed by atoms with Crippen molar-refractivity contribution >= 4 is 81.0 Å². The lowest BCUT2D eigenvalue weighted by Gasteiger charge is -2.19. The zero-order chi connectivity index (χ0) is 21.1. The van der Waals surface area contributed by atoms with E-state index in [1.165, 1.54) is 0 Å². The number of nitrogens with zero attached hydrogens (tertiary/aromatic N) is 3. The van der Waals surface area contributed by atoms with Gasteiger partial charge < -0.3 is 4.42 Å². The smallest absolute Gasteiger partial charge is 0.197 e. The topological polar surface area (TPSA) is 42.2 Å².